The maximum atomic E-state index is 12.5. The molecule has 0 saturated carbocycles. The summed E-state index contributed by atoms with van der Waals surface area (Å²) in [5.74, 6) is 0.426. The number of halogens is 1. The molecule has 1 N–H and O–H groups in total. The lowest BCUT2D eigenvalue weighted by molar-refractivity contribution is 0.102. The maximum absolute atomic E-state index is 12.5. The fraction of sp³-hybridized carbons (Fsp3) is 0.105. The van der Waals surface area contributed by atoms with Gasteiger partial charge >= 0.3 is 0 Å². The summed E-state index contributed by atoms with van der Waals surface area (Å²) < 4.78 is 0. The molecule has 1 aromatic heterocycles. The Morgan fingerprint density at radius 3 is 2.84 bits per heavy atom. The zero-order chi connectivity index (χ0) is 17.2. The van der Waals surface area contributed by atoms with Gasteiger partial charge in [-0.2, -0.15) is 0 Å². The third-order valence-electron chi connectivity index (χ3n) is 4.13. The third-order valence-corrected chi connectivity index (χ3v) is 4.37. The molecule has 5 nitrogen and oxygen atoms in total. The molecule has 0 atom stereocenters. The molecule has 2 heterocycles. The van der Waals surface area contributed by atoms with Crippen LogP contribution in [0.1, 0.15) is 16.1 Å². The second kappa shape index (κ2) is 6.53. The van der Waals surface area contributed by atoms with E-state index in [1.54, 1.807) is 30.3 Å². The van der Waals surface area contributed by atoms with Crippen LogP contribution >= 0.6 is 11.6 Å². The Bertz CT molecular complexity index is 944. The normalized spacial score (nSPS) is 12.8. The Hall–Kier alpha value is -2.92. The van der Waals surface area contributed by atoms with E-state index in [-0.39, 0.29) is 5.91 Å². The minimum absolute atomic E-state index is 0.293. The minimum atomic E-state index is -0.293. The fourth-order valence-electron chi connectivity index (χ4n) is 2.96. The van der Waals surface area contributed by atoms with E-state index >= 15 is 0 Å². The van der Waals surface area contributed by atoms with Crippen LogP contribution in [0.25, 0.3) is 0 Å². The second-order valence-corrected chi connectivity index (χ2v) is 6.19. The standard InChI is InChI=1S/C19H15ClN4O/c20-14-5-3-6-15(10-14)23-19(25)16-11-18(22-12-21-16)24-9-8-13-4-1-2-7-17(13)24/h1-7,10-12H,8-9H2,(H,23,25). The SMILES string of the molecule is O=C(Nc1cccc(Cl)c1)c1cc(N2CCc3ccccc32)ncn1. The van der Waals surface area contributed by atoms with Gasteiger partial charge in [0.15, 0.2) is 0 Å². The van der Waals surface area contributed by atoms with E-state index in [4.69, 9.17) is 11.6 Å². The van der Waals surface area contributed by atoms with Crippen LogP contribution in [0, 0.1) is 0 Å². The van der Waals surface area contributed by atoms with Gasteiger partial charge in [-0.25, -0.2) is 9.97 Å². The first-order chi connectivity index (χ1) is 12.2. The Morgan fingerprint density at radius 2 is 1.96 bits per heavy atom. The van der Waals surface area contributed by atoms with Gasteiger partial charge in [0.1, 0.15) is 17.8 Å². The summed E-state index contributed by atoms with van der Waals surface area (Å²) in [7, 11) is 0. The van der Waals surface area contributed by atoms with Gasteiger partial charge < -0.3 is 10.2 Å². The van der Waals surface area contributed by atoms with Gasteiger partial charge in [0.2, 0.25) is 0 Å². The molecular formula is C19H15ClN4O. The maximum Gasteiger partial charge on any atom is 0.274 e. The lowest BCUT2D eigenvalue weighted by atomic mass is 10.2. The summed E-state index contributed by atoms with van der Waals surface area (Å²) in [5, 5.41) is 3.37. The lowest BCUT2D eigenvalue weighted by Gasteiger charge is -2.18. The van der Waals surface area contributed by atoms with E-state index in [1.807, 2.05) is 12.1 Å². The average Bonchev–Trinajstić information content (AvgIpc) is 3.06. The third kappa shape index (κ3) is 3.19. The quantitative estimate of drug-likeness (QED) is 0.773. The van der Waals surface area contributed by atoms with Gasteiger partial charge in [0.25, 0.3) is 5.91 Å². The Kier molecular flexibility index (Phi) is 4.07. The molecule has 3 aromatic rings. The van der Waals surface area contributed by atoms with Crippen molar-refractivity contribution in [2.75, 3.05) is 16.8 Å². The molecule has 0 fully saturated rings. The smallest absolute Gasteiger partial charge is 0.274 e. The molecule has 124 valence electrons. The van der Waals surface area contributed by atoms with Crippen LogP contribution in [0.2, 0.25) is 5.02 Å². The number of rotatable bonds is 3. The molecular weight excluding hydrogens is 336 g/mol. The first-order valence-electron chi connectivity index (χ1n) is 7.95. The molecule has 0 unspecified atom stereocenters. The molecule has 2 aromatic carbocycles. The minimum Gasteiger partial charge on any atom is -0.326 e. The number of fused-ring (bicyclic) bond motifs is 1. The van der Waals surface area contributed by atoms with Crippen LogP contribution in [0.4, 0.5) is 17.2 Å². The van der Waals surface area contributed by atoms with Crippen LogP contribution in [-0.4, -0.2) is 22.4 Å². The number of amides is 1. The summed E-state index contributed by atoms with van der Waals surface area (Å²) in [4.78, 5) is 23.0. The van der Waals surface area contributed by atoms with Crippen LogP contribution in [0.15, 0.2) is 60.9 Å². The van der Waals surface area contributed by atoms with E-state index < -0.39 is 0 Å². The molecule has 0 saturated heterocycles. The highest BCUT2D eigenvalue weighted by Crippen LogP contribution is 2.33. The molecule has 1 aliphatic rings. The number of aromatic nitrogens is 2. The predicted molar refractivity (Wildman–Crippen MR) is 98.6 cm³/mol. The van der Waals surface area contributed by atoms with E-state index in [9.17, 15) is 4.79 Å². The number of carbonyl (C=O) groups excluding carboxylic acids is 1. The van der Waals surface area contributed by atoms with Gasteiger partial charge in [0, 0.05) is 29.0 Å². The monoisotopic (exact) mass is 350 g/mol. The molecule has 4 rings (SSSR count). The molecule has 0 bridgehead atoms. The highest BCUT2D eigenvalue weighted by atomic mass is 35.5. The topological polar surface area (TPSA) is 58.1 Å². The van der Waals surface area contributed by atoms with E-state index in [1.165, 1.54) is 11.9 Å². The molecule has 6 heteroatoms. The van der Waals surface area contributed by atoms with Crippen molar-refractivity contribution in [1.82, 2.24) is 9.97 Å². The number of hydrogen-bond acceptors (Lipinski definition) is 4. The fourth-order valence-corrected chi connectivity index (χ4v) is 3.15. The van der Waals surface area contributed by atoms with Crippen molar-refractivity contribution >= 4 is 34.7 Å². The van der Waals surface area contributed by atoms with Crippen molar-refractivity contribution < 1.29 is 4.79 Å². The summed E-state index contributed by atoms with van der Waals surface area (Å²) in [6.07, 6.45) is 2.38. The number of carbonyl (C=O) groups is 1. The Morgan fingerprint density at radius 1 is 1.08 bits per heavy atom. The second-order valence-electron chi connectivity index (χ2n) is 5.76. The van der Waals surface area contributed by atoms with Crippen LogP contribution in [0.5, 0.6) is 0 Å². The first kappa shape index (κ1) is 15.6. The molecule has 25 heavy (non-hydrogen) atoms. The van der Waals surface area contributed by atoms with Gasteiger partial charge in [-0.1, -0.05) is 35.9 Å². The Labute approximate surface area is 150 Å². The lowest BCUT2D eigenvalue weighted by Crippen LogP contribution is -2.18. The van der Waals surface area contributed by atoms with Crippen molar-refractivity contribution in [2.45, 2.75) is 6.42 Å². The van der Waals surface area contributed by atoms with Crippen molar-refractivity contribution in [3.05, 3.63) is 77.2 Å². The molecule has 0 aliphatic carbocycles. The van der Waals surface area contributed by atoms with Gasteiger partial charge in [-0.15, -0.1) is 0 Å². The zero-order valence-corrected chi connectivity index (χ0v) is 14.1. The first-order valence-corrected chi connectivity index (χ1v) is 8.33. The molecule has 0 radical (unpaired) electrons. The highest BCUT2D eigenvalue weighted by molar-refractivity contribution is 6.30. The van der Waals surface area contributed by atoms with Crippen LogP contribution in [-0.2, 0) is 6.42 Å². The Balaban J connectivity index is 1.59. The van der Waals surface area contributed by atoms with E-state index in [0.29, 0.717) is 16.4 Å². The average molecular weight is 351 g/mol. The van der Waals surface area contributed by atoms with Crippen molar-refractivity contribution in [1.29, 1.82) is 0 Å². The number of nitrogens with zero attached hydrogens (tertiary/aromatic N) is 3. The number of benzene rings is 2. The highest BCUT2D eigenvalue weighted by Gasteiger charge is 2.22. The van der Waals surface area contributed by atoms with E-state index in [2.05, 4.69) is 32.3 Å². The summed E-state index contributed by atoms with van der Waals surface area (Å²) in [5.41, 5.74) is 3.35. The van der Waals surface area contributed by atoms with Gasteiger partial charge in [0.05, 0.1) is 0 Å². The van der Waals surface area contributed by atoms with Crippen LogP contribution in [0.3, 0.4) is 0 Å². The number of para-hydroxylation sites is 1. The zero-order valence-electron chi connectivity index (χ0n) is 13.3. The van der Waals surface area contributed by atoms with E-state index in [0.717, 1.165) is 24.5 Å². The summed E-state index contributed by atoms with van der Waals surface area (Å²) in [6, 6.07) is 16.9. The largest absolute Gasteiger partial charge is 0.326 e. The van der Waals surface area contributed by atoms with Crippen molar-refractivity contribution in [3.63, 3.8) is 0 Å². The number of nitrogens with one attached hydrogen (secondary N) is 1. The molecule has 1 amide bonds. The predicted octanol–water partition coefficient (Wildman–Crippen LogP) is 4.08. The van der Waals surface area contributed by atoms with Crippen molar-refractivity contribution in [3.8, 4) is 0 Å². The van der Waals surface area contributed by atoms with Gasteiger partial charge in [-0.3, -0.25) is 4.79 Å². The summed E-state index contributed by atoms with van der Waals surface area (Å²) >= 11 is 5.95. The molecule has 1 aliphatic heterocycles. The molecule has 0 spiro atoms. The van der Waals surface area contributed by atoms with Gasteiger partial charge in [-0.05, 0) is 36.2 Å². The van der Waals surface area contributed by atoms with Crippen LogP contribution < -0.4 is 10.2 Å². The van der Waals surface area contributed by atoms with Crippen molar-refractivity contribution in [2.24, 2.45) is 0 Å². The number of anilines is 3. The summed E-state index contributed by atoms with van der Waals surface area (Å²) in [6.45, 7) is 0.839. The number of hydrogen-bond donors (Lipinski definition) is 1.